The number of hydrogen-bond donors (Lipinski definition) is 2. The third-order valence-electron chi connectivity index (χ3n) is 3.30. The number of benzene rings is 1. The van der Waals surface area contributed by atoms with Gasteiger partial charge in [0, 0.05) is 24.2 Å². The highest BCUT2D eigenvalue weighted by molar-refractivity contribution is 7.89. The van der Waals surface area contributed by atoms with Crippen molar-refractivity contribution in [1.82, 2.24) is 10.0 Å². The summed E-state index contributed by atoms with van der Waals surface area (Å²) in [5.41, 5.74) is 0. The number of halogens is 3. The Hall–Kier alpha value is -1.12. The van der Waals surface area contributed by atoms with Crippen LogP contribution < -0.4 is 10.0 Å². The SMILES string of the molecule is C[C@H]1NCCC[C@H]1NS(=O)(=O)c1c(F)cc(F)cc1F. The first-order valence-electron chi connectivity index (χ1n) is 6.21. The van der Waals surface area contributed by atoms with Crippen molar-refractivity contribution in [1.29, 1.82) is 0 Å². The Labute approximate surface area is 115 Å². The maximum absolute atomic E-state index is 13.5. The Kier molecular flexibility index (Phi) is 4.36. The highest BCUT2D eigenvalue weighted by atomic mass is 32.2. The zero-order valence-electron chi connectivity index (χ0n) is 10.8. The predicted molar refractivity (Wildman–Crippen MR) is 67.1 cm³/mol. The summed E-state index contributed by atoms with van der Waals surface area (Å²) in [6, 6.07) is 0.0862. The lowest BCUT2D eigenvalue weighted by Crippen LogP contribution is -2.52. The molecule has 1 saturated heterocycles. The smallest absolute Gasteiger partial charge is 0.246 e. The molecule has 1 aromatic rings. The van der Waals surface area contributed by atoms with Gasteiger partial charge in [-0.25, -0.2) is 26.3 Å². The zero-order valence-corrected chi connectivity index (χ0v) is 11.6. The minimum absolute atomic E-state index is 0.148. The molecule has 0 bridgehead atoms. The molecule has 1 aromatic carbocycles. The minimum Gasteiger partial charge on any atom is -0.313 e. The summed E-state index contributed by atoms with van der Waals surface area (Å²) < 4.78 is 66.3. The number of piperidine rings is 1. The van der Waals surface area contributed by atoms with Crippen molar-refractivity contribution in [3.8, 4) is 0 Å². The van der Waals surface area contributed by atoms with Crippen molar-refractivity contribution < 1.29 is 21.6 Å². The highest BCUT2D eigenvalue weighted by Gasteiger charge is 2.30. The first-order chi connectivity index (χ1) is 9.31. The molecule has 20 heavy (non-hydrogen) atoms. The van der Waals surface area contributed by atoms with E-state index in [0.29, 0.717) is 18.6 Å². The normalized spacial score (nSPS) is 23.8. The summed E-state index contributed by atoms with van der Waals surface area (Å²) in [5.74, 6) is -4.04. The van der Waals surface area contributed by atoms with Gasteiger partial charge in [-0.05, 0) is 26.3 Å². The fourth-order valence-electron chi connectivity index (χ4n) is 2.25. The highest BCUT2D eigenvalue weighted by Crippen LogP contribution is 2.21. The van der Waals surface area contributed by atoms with Crippen LogP contribution in [0.1, 0.15) is 19.8 Å². The largest absolute Gasteiger partial charge is 0.313 e. The van der Waals surface area contributed by atoms with E-state index in [-0.39, 0.29) is 6.04 Å². The molecule has 2 rings (SSSR count). The second-order valence-corrected chi connectivity index (χ2v) is 6.46. The molecule has 0 amide bonds. The van der Waals surface area contributed by atoms with Crippen LogP contribution in [0, 0.1) is 17.5 Å². The summed E-state index contributed by atoms with van der Waals surface area (Å²) in [4.78, 5) is -1.14. The molecule has 1 aliphatic rings. The molecule has 112 valence electrons. The first kappa shape index (κ1) is 15.3. The van der Waals surface area contributed by atoms with Crippen LogP contribution in [0.3, 0.4) is 0 Å². The first-order valence-corrected chi connectivity index (χ1v) is 7.70. The van der Waals surface area contributed by atoms with Crippen LogP contribution in [0.4, 0.5) is 13.2 Å². The van der Waals surface area contributed by atoms with Crippen molar-refractivity contribution in [2.24, 2.45) is 0 Å². The Morgan fingerprint density at radius 2 is 1.85 bits per heavy atom. The standard InChI is InChI=1S/C12H15F3N2O2S/c1-7-11(3-2-4-16-7)17-20(18,19)12-9(14)5-8(13)6-10(12)15/h5-7,11,16-17H,2-4H2,1H3/t7-,11-/m1/s1. The molecule has 4 nitrogen and oxygen atoms in total. The molecular weight excluding hydrogens is 293 g/mol. The lowest BCUT2D eigenvalue weighted by Gasteiger charge is -2.30. The number of hydrogen-bond acceptors (Lipinski definition) is 3. The molecule has 0 aromatic heterocycles. The topological polar surface area (TPSA) is 58.2 Å². The molecule has 0 spiro atoms. The lowest BCUT2D eigenvalue weighted by molar-refractivity contribution is 0.347. The molecule has 2 atom stereocenters. The van der Waals surface area contributed by atoms with E-state index in [0.717, 1.165) is 13.0 Å². The summed E-state index contributed by atoms with van der Waals surface area (Å²) in [6.07, 6.45) is 1.32. The lowest BCUT2D eigenvalue weighted by atomic mass is 10.0. The van der Waals surface area contributed by atoms with Gasteiger partial charge in [0.25, 0.3) is 0 Å². The van der Waals surface area contributed by atoms with Gasteiger partial charge in [-0.2, -0.15) is 0 Å². The average molecular weight is 308 g/mol. The van der Waals surface area contributed by atoms with E-state index in [1.807, 2.05) is 0 Å². The number of sulfonamides is 1. The monoisotopic (exact) mass is 308 g/mol. The van der Waals surface area contributed by atoms with Crippen LogP contribution in [-0.4, -0.2) is 27.0 Å². The van der Waals surface area contributed by atoms with Gasteiger partial charge < -0.3 is 5.32 Å². The van der Waals surface area contributed by atoms with E-state index in [1.165, 1.54) is 0 Å². The van der Waals surface area contributed by atoms with E-state index in [4.69, 9.17) is 0 Å². The molecule has 0 radical (unpaired) electrons. The maximum atomic E-state index is 13.5. The van der Waals surface area contributed by atoms with Crippen molar-refractivity contribution in [3.63, 3.8) is 0 Å². The zero-order chi connectivity index (χ0) is 14.9. The van der Waals surface area contributed by atoms with Crippen LogP contribution in [-0.2, 0) is 10.0 Å². The fraction of sp³-hybridized carbons (Fsp3) is 0.500. The predicted octanol–water partition coefficient (Wildman–Crippen LogP) is 1.52. The van der Waals surface area contributed by atoms with Gasteiger partial charge in [-0.1, -0.05) is 0 Å². The van der Waals surface area contributed by atoms with Crippen LogP contribution in [0.5, 0.6) is 0 Å². The fourth-order valence-corrected chi connectivity index (χ4v) is 3.72. The summed E-state index contributed by atoms with van der Waals surface area (Å²) >= 11 is 0. The summed E-state index contributed by atoms with van der Waals surface area (Å²) in [7, 11) is -4.38. The van der Waals surface area contributed by atoms with Crippen molar-refractivity contribution in [2.45, 2.75) is 36.7 Å². The van der Waals surface area contributed by atoms with Crippen LogP contribution in [0.2, 0.25) is 0 Å². The molecule has 1 heterocycles. The van der Waals surface area contributed by atoms with E-state index in [2.05, 4.69) is 10.0 Å². The van der Waals surface area contributed by atoms with Gasteiger partial charge in [-0.3, -0.25) is 0 Å². The van der Waals surface area contributed by atoms with Crippen molar-refractivity contribution >= 4 is 10.0 Å². The van der Waals surface area contributed by atoms with Crippen molar-refractivity contribution in [3.05, 3.63) is 29.6 Å². The van der Waals surface area contributed by atoms with Gasteiger partial charge in [0.15, 0.2) is 4.90 Å². The quantitative estimate of drug-likeness (QED) is 0.890. The molecule has 8 heteroatoms. The van der Waals surface area contributed by atoms with Gasteiger partial charge >= 0.3 is 0 Å². The summed E-state index contributed by atoms with van der Waals surface area (Å²) in [5, 5.41) is 3.07. The second-order valence-electron chi connectivity index (χ2n) is 4.81. The van der Waals surface area contributed by atoms with Crippen LogP contribution in [0.25, 0.3) is 0 Å². The Morgan fingerprint density at radius 1 is 1.25 bits per heavy atom. The second kappa shape index (κ2) is 5.71. The molecule has 0 aliphatic carbocycles. The minimum atomic E-state index is -4.38. The van der Waals surface area contributed by atoms with E-state index < -0.39 is 38.4 Å². The third kappa shape index (κ3) is 3.13. The van der Waals surface area contributed by atoms with Gasteiger partial charge in [0.05, 0.1) is 0 Å². The Balaban J connectivity index is 2.31. The van der Waals surface area contributed by atoms with Gasteiger partial charge in [-0.15, -0.1) is 0 Å². The van der Waals surface area contributed by atoms with E-state index in [1.54, 1.807) is 6.92 Å². The third-order valence-corrected chi connectivity index (χ3v) is 4.84. The van der Waals surface area contributed by atoms with Crippen molar-refractivity contribution in [2.75, 3.05) is 6.54 Å². The van der Waals surface area contributed by atoms with Gasteiger partial charge in [0.1, 0.15) is 17.5 Å². The molecule has 1 fully saturated rings. The molecule has 0 unspecified atom stereocenters. The number of rotatable bonds is 3. The number of nitrogens with one attached hydrogen (secondary N) is 2. The molecular formula is C12H15F3N2O2S. The van der Waals surface area contributed by atoms with E-state index >= 15 is 0 Å². The Bertz CT molecular complexity index is 584. The van der Waals surface area contributed by atoms with Crippen LogP contribution >= 0.6 is 0 Å². The van der Waals surface area contributed by atoms with Crippen LogP contribution in [0.15, 0.2) is 17.0 Å². The molecule has 1 aliphatic heterocycles. The average Bonchev–Trinajstić information content (AvgIpc) is 2.30. The summed E-state index contributed by atoms with van der Waals surface area (Å²) in [6.45, 7) is 2.54. The Morgan fingerprint density at radius 3 is 2.40 bits per heavy atom. The maximum Gasteiger partial charge on any atom is 0.246 e. The van der Waals surface area contributed by atoms with Gasteiger partial charge in [0.2, 0.25) is 10.0 Å². The van der Waals surface area contributed by atoms with E-state index in [9.17, 15) is 21.6 Å². The molecule has 2 N–H and O–H groups in total. The molecule has 0 saturated carbocycles.